The number of carboxylic acids is 1. The van der Waals surface area contributed by atoms with Gasteiger partial charge in [0.2, 0.25) is 0 Å². The van der Waals surface area contributed by atoms with Crippen molar-refractivity contribution in [1.29, 1.82) is 0 Å². The van der Waals surface area contributed by atoms with E-state index in [0.29, 0.717) is 11.4 Å². The second kappa shape index (κ2) is 6.51. The van der Waals surface area contributed by atoms with E-state index >= 15 is 0 Å². The second-order valence-electron chi connectivity index (χ2n) is 4.28. The Hall–Kier alpha value is -2.90. The van der Waals surface area contributed by atoms with Crippen LogP contribution < -0.4 is 10.6 Å². The lowest BCUT2D eigenvalue weighted by Crippen LogP contribution is -2.44. The number of carbonyl (C=O) groups excluding carboxylic acids is 1. The van der Waals surface area contributed by atoms with E-state index in [0.717, 1.165) is 0 Å². The van der Waals surface area contributed by atoms with Gasteiger partial charge in [-0.25, -0.2) is 19.0 Å². The van der Waals surface area contributed by atoms with Crippen molar-refractivity contribution in [3.8, 4) is 0 Å². The molecule has 8 heteroatoms. The Morgan fingerprint density at radius 2 is 2.05 bits per heavy atom. The van der Waals surface area contributed by atoms with E-state index in [9.17, 15) is 14.0 Å². The van der Waals surface area contributed by atoms with Gasteiger partial charge in [-0.15, -0.1) is 0 Å². The minimum Gasteiger partial charge on any atom is -0.480 e. The van der Waals surface area contributed by atoms with E-state index in [4.69, 9.17) is 5.11 Å². The molecule has 0 aliphatic heterocycles. The molecule has 0 saturated carbocycles. The Labute approximate surface area is 119 Å². The second-order valence-corrected chi connectivity index (χ2v) is 4.28. The number of carboxylic acid groups (broad SMARTS) is 1. The maximum absolute atomic E-state index is 12.7. The average Bonchev–Trinajstić information content (AvgIpc) is 2.93. The molecule has 110 valence electrons. The molecule has 2 aromatic rings. The van der Waals surface area contributed by atoms with Crippen LogP contribution in [-0.2, 0) is 11.2 Å². The van der Waals surface area contributed by atoms with E-state index in [1.54, 1.807) is 0 Å². The molecule has 0 spiro atoms. The van der Waals surface area contributed by atoms with E-state index in [1.807, 2.05) is 0 Å². The minimum absolute atomic E-state index is 0.0756. The van der Waals surface area contributed by atoms with Crippen LogP contribution in [0, 0.1) is 5.82 Å². The lowest BCUT2D eigenvalue weighted by atomic mass is 10.2. The van der Waals surface area contributed by atoms with Gasteiger partial charge in [0.1, 0.15) is 11.9 Å². The number of benzene rings is 1. The molecule has 1 atom stereocenters. The summed E-state index contributed by atoms with van der Waals surface area (Å²) in [4.78, 5) is 29.4. The van der Waals surface area contributed by atoms with Crippen molar-refractivity contribution in [3.63, 3.8) is 0 Å². The first-order chi connectivity index (χ1) is 10.0. The van der Waals surface area contributed by atoms with Crippen molar-refractivity contribution in [2.75, 3.05) is 5.32 Å². The zero-order valence-corrected chi connectivity index (χ0v) is 10.8. The lowest BCUT2D eigenvalue weighted by molar-refractivity contribution is -0.139. The molecule has 21 heavy (non-hydrogen) atoms. The van der Waals surface area contributed by atoms with Gasteiger partial charge in [0, 0.05) is 24.0 Å². The number of hydrogen-bond donors (Lipinski definition) is 4. The first-order valence-electron chi connectivity index (χ1n) is 6.08. The quantitative estimate of drug-likeness (QED) is 0.667. The summed E-state index contributed by atoms with van der Waals surface area (Å²) in [6, 6.07) is 3.34. The van der Waals surface area contributed by atoms with Crippen LogP contribution in [0.25, 0.3) is 0 Å². The number of nitrogens with zero attached hydrogens (tertiary/aromatic N) is 1. The average molecular weight is 292 g/mol. The third-order valence-corrected chi connectivity index (χ3v) is 2.68. The van der Waals surface area contributed by atoms with E-state index in [1.165, 1.54) is 36.8 Å². The van der Waals surface area contributed by atoms with Crippen LogP contribution in [0.1, 0.15) is 5.69 Å². The van der Waals surface area contributed by atoms with Crippen LogP contribution in [-0.4, -0.2) is 33.1 Å². The number of nitrogens with one attached hydrogen (secondary N) is 3. The van der Waals surface area contributed by atoms with Crippen molar-refractivity contribution < 1.29 is 19.1 Å². The number of rotatable bonds is 5. The Morgan fingerprint density at radius 1 is 1.33 bits per heavy atom. The molecule has 7 nitrogen and oxygen atoms in total. The predicted molar refractivity (Wildman–Crippen MR) is 72.3 cm³/mol. The first-order valence-corrected chi connectivity index (χ1v) is 6.08. The van der Waals surface area contributed by atoms with Gasteiger partial charge in [-0.3, -0.25) is 0 Å². The molecule has 0 fully saturated rings. The Bertz CT molecular complexity index is 613. The Balaban J connectivity index is 1.95. The highest BCUT2D eigenvalue weighted by molar-refractivity contribution is 5.92. The van der Waals surface area contributed by atoms with Crippen molar-refractivity contribution in [3.05, 3.63) is 48.3 Å². The Kier molecular flexibility index (Phi) is 4.50. The fourth-order valence-corrected chi connectivity index (χ4v) is 1.67. The summed E-state index contributed by atoms with van der Waals surface area (Å²) in [7, 11) is 0. The van der Waals surface area contributed by atoms with Gasteiger partial charge in [-0.1, -0.05) is 0 Å². The van der Waals surface area contributed by atoms with Crippen LogP contribution in [0.15, 0.2) is 36.8 Å². The summed E-state index contributed by atoms with van der Waals surface area (Å²) >= 11 is 0. The number of imidazole rings is 1. The molecular weight excluding hydrogens is 279 g/mol. The largest absolute Gasteiger partial charge is 0.480 e. The number of aromatic amines is 1. The van der Waals surface area contributed by atoms with Crippen molar-refractivity contribution in [2.45, 2.75) is 12.5 Å². The molecule has 1 aromatic carbocycles. The number of amides is 2. The summed E-state index contributed by atoms with van der Waals surface area (Å²) in [6.45, 7) is 0. The highest BCUT2D eigenvalue weighted by Gasteiger charge is 2.21. The zero-order chi connectivity index (χ0) is 15.2. The van der Waals surface area contributed by atoms with Gasteiger partial charge in [-0.2, -0.15) is 0 Å². The number of urea groups is 1. The smallest absolute Gasteiger partial charge is 0.326 e. The number of halogens is 1. The molecule has 0 saturated heterocycles. The summed E-state index contributed by atoms with van der Waals surface area (Å²) in [5, 5.41) is 13.9. The molecule has 1 aromatic heterocycles. The molecule has 2 amide bonds. The summed E-state index contributed by atoms with van der Waals surface area (Å²) in [6.07, 6.45) is 2.98. The van der Waals surface area contributed by atoms with Crippen LogP contribution in [0.5, 0.6) is 0 Å². The normalized spacial score (nSPS) is 11.7. The van der Waals surface area contributed by atoms with Crippen molar-refractivity contribution in [1.82, 2.24) is 15.3 Å². The molecule has 2 rings (SSSR count). The Morgan fingerprint density at radius 3 is 2.62 bits per heavy atom. The summed E-state index contributed by atoms with van der Waals surface area (Å²) < 4.78 is 12.7. The number of aliphatic carboxylic acids is 1. The molecular formula is C13H13FN4O3. The number of anilines is 1. The van der Waals surface area contributed by atoms with E-state index in [2.05, 4.69) is 20.6 Å². The fraction of sp³-hybridized carbons (Fsp3) is 0.154. The van der Waals surface area contributed by atoms with Gasteiger partial charge >= 0.3 is 12.0 Å². The van der Waals surface area contributed by atoms with Crippen molar-refractivity contribution >= 4 is 17.7 Å². The summed E-state index contributed by atoms with van der Waals surface area (Å²) in [5.74, 6) is -1.59. The van der Waals surface area contributed by atoms with Gasteiger partial charge in [-0.05, 0) is 24.3 Å². The molecule has 4 N–H and O–H groups in total. The topological polar surface area (TPSA) is 107 Å². The fourth-order valence-electron chi connectivity index (χ4n) is 1.67. The molecule has 0 aliphatic carbocycles. The van der Waals surface area contributed by atoms with Gasteiger partial charge in [0.15, 0.2) is 0 Å². The van der Waals surface area contributed by atoms with Gasteiger partial charge < -0.3 is 20.7 Å². The van der Waals surface area contributed by atoms with Crippen LogP contribution in [0.2, 0.25) is 0 Å². The molecule has 0 unspecified atom stereocenters. The lowest BCUT2D eigenvalue weighted by Gasteiger charge is -2.14. The first kappa shape index (κ1) is 14.5. The monoisotopic (exact) mass is 292 g/mol. The molecule has 0 aliphatic rings. The minimum atomic E-state index is -1.17. The maximum Gasteiger partial charge on any atom is 0.326 e. The number of aromatic nitrogens is 2. The number of H-pyrrole nitrogens is 1. The zero-order valence-electron chi connectivity index (χ0n) is 10.8. The highest BCUT2D eigenvalue weighted by atomic mass is 19.1. The maximum atomic E-state index is 12.7. The number of carbonyl (C=O) groups is 2. The molecule has 1 heterocycles. The van der Waals surface area contributed by atoms with E-state index < -0.39 is 23.9 Å². The van der Waals surface area contributed by atoms with Gasteiger partial charge in [0.05, 0.1) is 6.33 Å². The standard InChI is InChI=1S/C13H13FN4O3/c14-8-1-3-9(4-2-8)17-13(21)18-11(12(19)20)5-10-6-15-7-16-10/h1-4,6-7,11H,5H2,(H,15,16)(H,19,20)(H2,17,18,21)/t11-/m1/s1. The summed E-state index contributed by atoms with van der Waals surface area (Å²) in [5.41, 5.74) is 0.948. The number of hydrogen-bond acceptors (Lipinski definition) is 3. The third kappa shape index (κ3) is 4.30. The third-order valence-electron chi connectivity index (χ3n) is 2.68. The molecule has 0 bridgehead atoms. The predicted octanol–water partition coefficient (Wildman–Crippen LogP) is 1.37. The van der Waals surface area contributed by atoms with Gasteiger partial charge in [0.25, 0.3) is 0 Å². The van der Waals surface area contributed by atoms with Crippen LogP contribution in [0.3, 0.4) is 0 Å². The van der Waals surface area contributed by atoms with Crippen molar-refractivity contribution in [2.24, 2.45) is 0 Å². The van der Waals surface area contributed by atoms with E-state index in [-0.39, 0.29) is 6.42 Å². The molecule has 0 radical (unpaired) electrons. The SMILES string of the molecule is O=C(Nc1ccc(F)cc1)N[C@H](Cc1cnc[nH]1)C(=O)O. The van der Waals surface area contributed by atoms with Crippen LogP contribution in [0.4, 0.5) is 14.9 Å². The van der Waals surface area contributed by atoms with Crippen LogP contribution >= 0.6 is 0 Å². The highest BCUT2D eigenvalue weighted by Crippen LogP contribution is 2.08.